The lowest BCUT2D eigenvalue weighted by molar-refractivity contribution is -0.139. The Morgan fingerprint density at radius 3 is 2.58 bits per heavy atom. The summed E-state index contributed by atoms with van der Waals surface area (Å²) >= 11 is 0. The Morgan fingerprint density at radius 1 is 1.04 bits per heavy atom. The zero-order valence-corrected chi connectivity index (χ0v) is 13.2. The molecule has 124 valence electrons. The average molecular weight is 326 g/mol. The van der Waals surface area contributed by atoms with Crippen molar-refractivity contribution in [3.8, 4) is 11.5 Å². The van der Waals surface area contributed by atoms with E-state index < -0.39 is 11.8 Å². The number of fused-ring (bicyclic) bond motifs is 1. The molecule has 1 aliphatic heterocycles. The Balaban J connectivity index is 1.52. The molecule has 1 atom stereocenters. The first kappa shape index (κ1) is 15.9. The van der Waals surface area contributed by atoms with E-state index in [4.69, 9.17) is 9.47 Å². The van der Waals surface area contributed by atoms with Crippen molar-refractivity contribution in [1.82, 2.24) is 10.6 Å². The Kier molecular flexibility index (Phi) is 4.65. The van der Waals surface area contributed by atoms with Crippen molar-refractivity contribution < 1.29 is 19.1 Å². The molecule has 0 aromatic heterocycles. The van der Waals surface area contributed by atoms with Gasteiger partial charge in [0.2, 0.25) is 6.79 Å². The van der Waals surface area contributed by atoms with Gasteiger partial charge >= 0.3 is 11.8 Å². The van der Waals surface area contributed by atoms with Gasteiger partial charge in [-0.05, 0) is 30.2 Å². The van der Waals surface area contributed by atoms with Crippen molar-refractivity contribution in [3.05, 3.63) is 59.7 Å². The molecule has 0 fully saturated rings. The van der Waals surface area contributed by atoms with E-state index in [1.807, 2.05) is 43.3 Å². The highest BCUT2D eigenvalue weighted by molar-refractivity contribution is 6.35. The molecule has 0 radical (unpaired) electrons. The molecule has 0 bridgehead atoms. The van der Waals surface area contributed by atoms with Gasteiger partial charge in [-0.2, -0.15) is 0 Å². The summed E-state index contributed by atoms with van der Waals surface area (Å²) in [5, 5.41) is 5.28. The van der Waals surface area contributed by atoms with E-state index in [2.05, 4.69) is 10.6 Å². The predicted octanol–water partition coefficient (Wildman–Crippen LogP) is 1.91. The van der Waals surface area contributed by atoms with Crippen LogP contribution >= 0.6 is 0 Å². The quantitative estimate of drug-likeness (QED) is 0.842. The number of ether oxygens (including phenoxy) is 2. The van der Waals surface area contributed by atoms with Crippen molar-refractivity contribution in [1.29, 1.82) is 0 Å². The minimum absolute atomic E-state index is 0.199. The van der Waals surface area contributed by atoms with E-state index in [9.17, 15) is 9.59 Å². The van der Waals surface area contributed by atoms with Gasteiger partial charge in [0, 0.05) is 6.54 Å². The van der Waals surface area contributed by atoms with Gasteiger partial charge in [-0.15, -0.1) is 0 Å². The first-order valence-corrected chi connectivity index (χ1v) is 7.65. The molecule has 0 spiro atoms. The fraction of sp³-hybridized carbons (Fsp3) is 0.222. The average Bonchev–Trinajstić information content (AvgIpc) is 3.08. The summed E-state index contributed by atoms with van der Waals surface area (Å²) in [6, 6.07) is 14.6. The SMILES string of the molecule is C[C@H](NC(=O)C(=O)NCc1ccc2c(c1)OCO2)c1ccccc1. The topological polar surface area (TPSA) is 76.7 Å². The van der Waals surface area contributed by atoms with Crippen molar-refractivity contribution in [2.45, 2.75) is 19.5 Å². The van der Waals surface area contributed by atoms with E-state index in [1.165, 1.54) is 0 Å². The second-order valence-electron chi connectivity index (χ2n) is 5.48. The van der Waals surface area contributed by atoms with Gasteiger partial charge in [-0.3, -0.25) is 9.59 Å². The van der Waals surface area contributed by atoms with Crippen LogP contribution in [-0.4, -0.2) is 18.6 Å². The van der Waals surface area contributed by atoms with Crippen LogP contribution in [0.1, 0.15) is 24.1 Å². The minimum Gasteiger partial charge on any atom is -0.454 e. The zero-order chi connectivity index (χ0) is 16.9. The minimum atomic E-state index is -0.671. The van der Waals surface area contributed by atoms with Crippen LogP contribution in [0.5, 0.6) is 11.5 Å². The number of nitrogens with one attached hydrogen (secondary N) is 2. The normalized spacial score (nSPS) is 13.2. The van der Waals surface area contributed by atoms with E-state index >= 15 is 0 Å². The number of hydrogen-bond acceptors (Lipinski definition) is 4. The molecule has 2 amide bonds. The van der Waals surface area contributed by atoms with Gasteiger partial charge in [0.15, 0.2) is 11.5 Å². The van der Waals surface area contributed by atoms with Gasteiger partial charge in [-0.25, -0.2) is 0 Å². The standard InChI is InChI=1S/C18H18N2O4/c1-12(14-5-3-2-4-6-14)20-18(22)17(21)19-10-13-7-8-15-16(9-13)24-11-23-15/h2-9,12H,10-11H2,1H3,(H,19,21)(H,20,22)/t12-/m0/s1. The fourth-order valence-corrected chi connectivity index (χ4v) is 2.40. The van der Waals surface area contributed by atoms with Crippen LogP contribution in [0.25, 0.3) is 0 Å². The maximum absolute atomic E-state index is 12.0. The monoisotopic (exact) mass is 326 g/mol. The third-order valence-corrected chi connectivity index (χ3v) is 3.74. The number of carbonyl (C=O) groups is 2. The number of benzene rings is 2. The van der Waals surface area contributed by atoms with Crippen LogP contribution in [-0.2, 0) is 16.1 Å². The summed E-state index contributed by atoms with van der Waals surface area (Å²) in [6.07, 6.45) is 0. The molecule has 1 heterocycles. The number of carbonyl (C=O) groups excluding carboxylic acids is 2. The van der Waals surface area contributed by atoms with Crippen LogP contribution in [0, 0.1) is 0 Å². The zero-order valence-electron chi connectivity index (χ0n) is 13.2. The molecule has 2 N–H and O–H groups in total. The Morgan fingerprint density at radius 2 is 1.79 bits per heavy atom. The van der Waals surface area contributed by atoms with Gasteiger partial charge in [0.05, 0.1) is 6.04 Å². The van der Waals surface area contributed by atoms with Crippen LogP contribution in [0.4, 0.5) is 0 Å². The molecule has 2 aromatic rings. The van der Waals surface area contributed by atoms with Crippen LogP contribution in [0.15, 0.2) is 48.5 Å². The molecule has 2 aromatic carbocycles. The lowest BCUT2D eigenvalue weighted by atomic mass is 10.1. The number of rotatable bonds is 4. The van der Waals surface area contributed by atoms with Crippen molar-refractivity contribution in [2.24, 2.45) is 0 Å². The molecular formula is C18H18N2O4. The van der Waals surface area contributed by atoms with Crippen molar-refractivity contribution in [3.63, 3.8) is 0 Å². The molecule has 1 aliphatic rings. The molecule has 24 heavy (non-hydrogen) atoms. The molecule has 0 saturated heterocycles. The highest BCUT2D eigenvalue weighted by Crippen LogP contribution is 2.32. The first-order valence-electron chi connectivity index (χ1n) is 7.65. The summed E-state index contributed by atoms with van der Waals surface area (Å²) in [5.74, 6) is -0.00838. The number of amides is 2. The van der Waals surface area contributed by atoms with Gasteiger partial charge in [-0.1, -0.05) is 36.4 Å². The molecular weight excluding hydrogens is 308 g/mol. The largest absolute Gasteiger partial charge is 0.454 e. The number of hydrogen-bond donors (Lipinski definition) is 2. The Hall–Kier alpha value is -3.02. The fourth-order valence-electron chi connectivity index (χ4n) is 2.40. The maximum Gasteiger partial charge on any atom is 0.309 e. The van der Waals surface area contributed by atoms with Crippen LogP contribution in [0.3, 0.4) is 0 Å². The van der Waals surface area contributed by atoms with Gasteiger partial charge in [0.1, 0.15) is 0 Å². The second-order valence-corrected chi connectivity index (χ2v) is 5.48. The molecule has 6 nitrogen and oxygen atoms in total. The molecule has 3 rings (SSSR count). The third kappa shape index (κ3) is 3.65. The van der Waals surface area contributed by atoms with Crippen molar-refractivity contribution in [2.75, 3.05) is 6.79 Å². The van der Waals surface area contributed by atoms with Crippen LogP contribution in [0.2, 0.25) is 0 Å². The molecule has 0 saturated carbocycles. The van der Waals surface area contributed by atoms with E-state index in [0.29, 0.717) is 11.5 Å². The maximum atomic E-state index is 12.0. The predicted molar refractivity (Wildman–Crippen MR) is 87.4 cm³/mol. The lowest BCUT2D eigenvalue weighted by Gasteiger charge is -2.14. The van der Waals surface area contributed by atoms with Crippen LogP contribution < -0.4 is 20.1 Å². The summed E-state index contributed by atoms with van der Waals surface area (Å²) in [4.78, 5) is 23.9. The third-order valence-electron chi connectivity index (χ3n) is 3.74. The van der Waals surface area contributed by atoms with E-state index in [1.54, 1.807) is 12.1 Å². The van der Waals surface area contributed by atoms with Gasteiger partial charge in [0.25, 0.3) is 0 Å². The molecule has 0 aliphatic carbocycles. The lowest BCUT2D eigenvalue weighted by Crippen LogP contribution is -2.40. The smallest absolute Gasteiger partial charge is 0.309 e. The second kappa shape index (κ2) is 7.04. The summed E-state index contributed by atoms with van der Waals surface area (Å²) in [7, 11) is 0. The van der Waals surface area contributed by atoms with Gasteiger partial charge < -0.3 is 20.1 Å². The molecule has 6 heteroatoms. The summed E-state index contributed by atoms with van der Waals surface area (Å²) in [6.45, 7) is 2.27. The van der Waals surface area contributed by atoms with E-state index in [-0.39, 0.29) is 19.4 Å². The molecule has 0 unspecified atom stereocenters. The highest BCUT2D eigenvalue weighted by atomic mass is 16.7. The first-order chi connectivity index (χ1) is 11.6. The summed E-state index contributed by atoms with van der Waals surface area (Å²) in [5.41, 5.74) is 1.77. The summed E-state index contributed by atoms with van der Waals surface area (Å²) < 4.78 is 10.5. The van der Waals surface area contributed by atoms with E-state index in [0.717, 1.165) is 11.1 Å². The Bertz CT molecular complexity index is 746. The Labute approximate surface area is 139 Å². The van der Waals surface area contributed by atoms with Crippen molar-refractivity contribution >= 4 is 11.8 Å². The highest BCUT2D eigenvalue weighted by Gasteiger charge is 2.17.